The Bertz CT molecular complexity index is 1210. The van der Waals surface area contributed by atoms with Crippen molar-refractivity contribution in [1.82, 2.24) is 16.2 Å². The summed E-state index contributed by atoms with van der Waals surface area (Å²) < 4.78 is 0. The van der Waals surface area contributed by atoms with Gasteiger partial charge in [-0.3, -0.25) is 25.2 Å². The number of halogens is 2. The van der Waals surface area contributed by atoms with E-state index in [1.165, 1.54) is 6.07 Å². The van der Waals surface area contributed by atoms with Crippen molar-refractivity contribution >= 4 is 63.8 Å². The minimum Gasteiger partial charge on any atom is -0.343 e. The van der Waals surface area contributed by atoms with Crippen LogP contribution in [0.2, 0.25) is 10.0 Å². The van der Waals surface area contributed by atoms with Crippen LogP contribution in [0.3, 0.4) is 0 Å². The average Bonchev–Trinajstić information content (AvgIpc) is 2.83. The molecule has 0 saturated heterocycles. The highest BCUT2D eigenvalue weighted by Crippen LogP contribution is 2.24. The van der Waals surface area contributed by atoms with Crippen molar-refractivity contribution in [3.05, 3.63) is 99.5 Å². The summed E-state index contributed by atoms with van der Waals surface area (Å²) in [6, 6.07) is 19.9. The van der Waals surface area contributed by atoms with Crippen molar-refractivity contribution in [2.45, 2.75) is 0 Å². The fourth-order valence-corrected chi connectivity index (χ4v) is 3.25. The van der Waals surface area contributed by atoms with Gasteiger partial charge in [-0.1, -0.05) is 71.7 Å². The van der Waals surface area contributed by atoms with Gasteiger partial charge in [0, 0.05) is 16.8 Å². The molecule has 4 N–H and O–H groups in total. The highest BCUT2D eigenvalue weighted by molar-refractivity contribution is 7.80. The summed E-state index contributed by atoms with van der Waals surface area (Å²) >= 11 is 16.9. The van der Waals surface area contributed by atoms with Crippen LogP contribution in [0.1, 0.15) is 26.3 Å². The first kappa shape index (κ1) is 24.2. The van der Waals surface area contributed by atoms with Crippen LogP contribution in [0.25, 0.3) is 0 Å². The number of ketones is 1. The lowest BCUT2D eigenvalue weighted by Gasteiger charge is -2.13. The largest absolute Gasteiger partial charge is 0.343 e. The van der Waals surface area contributed by atoms with Crippen LogP contribution >= 0.6 is 35.4 Å². The lowest BCUT2D eigenvalue weighted by atomic mass is 9.98. The monoisotopic (exact) mass is 500 g/mol. The molecule has 0 atom stereocenters. The topological polar surface area (TPSA) is 99.3 Å². The molecule has 3 aromatic rings. The molecule has 10 heteroatoms. The summed E-state index contributed by atoms with van der Waals surface area (Å²) in [5.74, 6) is -1.39. The first-order valence-electron chi connectivity index (χ1n) is 9.63. The second kappa shape index (κ2) is 11.4. The SMILES string of the molecule is O=C(CNC(=O)c1ccccc1C(=O)c1ccccc1)NNC(=S)Nc1ccc(Cl)c(Cl)c1. The number of rotatable bonds is 6. The number of carbonyl (C=O) groups excluding carboxylic acids is 3. The van der Waals surface area contributed by atoms with Gasteiger partial charge in [-0.25, -0.2) is 0 Å². The lowest BCUT2D eigenvalue weighted by molar-refractivity contribution is -0.120. The van der Waals surface area contributed by atoms with E-state index in [1.54, 1.807) is 66.7 Å². The van der Waals surface area contributed by atoms with E-state index in [0.717, 1.165) is 0 Å². The van der Waals surface area contributed by atoms with E-state index in [9.17, 15) is 14.4 Å². The fraction of sp³-hybridized carbons (Fsp3) is 0.0435. The van der Waals surface area contributed by atoms with Crippen LogP contribution in [0.5, 0.6) is 0 Å². The number of carbonyl (C=O) groups is 3. The van der Waals surface area contributed by atoms with Gasteiger partial charge < -0.3 is 10.6 Å². The molecule has 0 aliphatic rings. The van der Waals surface area contributed by atoms with Crippen LogP contribution in [-0.4, -0.2) is 29.3 Å². The zero-order valence-corrected chi connectivity index (χ0v) is 19.4. The molecule has 168 valence electrons. The summed E-state index contributed by atoms with van der Waals surface area (Å²) in [5.41, 5.74) is 6.33. The number of thiocarbonyl (C=S) groups is 1. The molecule has 0 unspecified atom stereocenters. The number of hydrogen-bond acceptors (Lipinski definition) is 4. The van der Waals surface area contributed by atoms with E-state index >= 15 is 0 Å². The molecule has 0 radical (unpaired) electrons. The molecule has 0 heterocycles. The summed E-state index contributed by atoms with van der Waals surface area (Å²) in [4.78, 5) is 37.5. The molecule has 0 spiro atoms. The number of anilines is 1. The van der Waals surface area contributed by atoms with Crippen molar-refractivity contribution in [1.29, 1.82) is 0 Å². The minimum absolute atomic E-state index is 0.104. The number of amides is 2. The molecule has 3 rings (SSSR count). The summed E-state index contributed by atoms with van der Waals surface area (Å²) in [6.07, 6.45) is 0. The second-order valence-electron chi connectivity index (χ2n) is 6.68. The van der Waals surface area contributed by atoms with Crippen LogP contribution < -0.4 is 21.5 Å². The highest BCUT2D eigenvalue weighted by atomic mass is 35.5. The van der Waals surface area contributed by atoms with Crippen molar-refractivity contribution in [3.63, 3.8) is 0 Å². The highest BCUT2D eigenvalue weighted by Gasteiger charge is 2.18. The van der Waals surface area contributed by atoms with Gasteiger partial charge in [-0.2, -0.15) is 0 Å². The van der Waals surface area contributed by atoms with Gasteiger partial charge in [0.2, 0.25) is 0 Å². The molecular formula is C23H18Cl2N4O3S. The van der Waals surface area contributed by atoms with E-state index in [1.807, 2.05) is 0 Å². The van der Waals surface area contributed by atoms with E-state index < -0.39 is 11.8 Å². The van der Waals surface area contributed by atoms with Crippen LogP contribution in [0.15, 0.2) is 72.8 Å². The molecular weight excluding hydrogens is 483 g/mol. The van der Waals surface area contributed by atoms with E-state index in [4.69, 9.17) is 35.4 Å². The summed E-state index contributed by atoms with van der Waals surface area (Å²) in [7, 11) is 0. The zero-order chi connectivity index (χ0) is 23.8. The van der Waals surface area contributed by atoms with Gasteiger partial charge in [-0.05, 0) is 36.5 Å². The predicted octanol–water partition coefficient (Wildman–Crippen LogP) is 3.97. The van der Waals surface area contributed by atoms with Crippen LogP contribution in [-0.2, 0) is 4.79 Å². The van der Waals surface area contributed by atoms with Gasteiger partial charge in [0.25, 0.3) is 11.8 Å². The Morgan fingerprint density at radius 3 is 2.15 bits per heavy atom. The Morgan fingerprint density at radius 2 is 1.45 bits per heavy atom. The molecule has 0 aromatic heterocycles. The minimum atomic E-state index is -0.554. The standard InChI is InChI=1S/C23H18Cl2N4O3S/c24-18-11-10-15(12-19(18)25)27-23(33)29-28-20(30)13-26-22(32)17-9-5-4-8-16(17)21(31)14-6-2-1-3-7-14/h1-12H,13H2,(H,26,32)(H,28,30)(H2,27,29,33). The normalized spacial score (nSPS) is 10.1. The van der Waals surface area contributed by atoms with Crippen LogP contribution in [0.4, 0.5) is 5.69 Å². The van der Waals surface area contributed by atoms with Crippen molar-refractivity contribution in [2.24, 2.45) is 0 Å². The maximum atomic E-state index is 12.8. The molecule has 3 aromatic carbocycles. The third-order valence-electron chi connectivity index (χ3n) is 4.35. The van der Waals surface area contributed by atoms with E-state index in [2.05, 4.69) is 21.5 Å². The van der Waals surface area contributed by atoms with E-state index in [-0.39, 0.29) is 28.6 Å². The van der Waals surface area contributed by atoms with Crippen molar-refractivity contribution in [3.8, 4) is 0 Å². The fourth-order valence-electron chi connectivity index (χ4n) is 2.79. The maximum Gasteiger partial charge on any atom is 0.257 e. The molecule has 0 fully saturated rings. The molecule has 0 bridgehead atoms. The first-order valence-corrected chi connectivity index (χ1v) is 10.8. The molecule has 7 nitrogen and oxygen atoms in total. The van der Waals surface area contributed by atoms with Crippen molar-refractivity contribution in [2.75, 3.05) is 11.9 Å². The Hall–Kier alpha value is -3.46. The van der Waals surface area contributed by atoms with Gasteiger partial charge in [0.05, 0.1) is 22.2 Å². The van der Waals surface area contributed by atoms with Gasteiger partial charge in [0.1, 0.15) is 0 Å². The predicted molar refractivity (Wildman–Crippen MR) is 133 cm³/mol. The number of hydrogen-bond donors (Lipinski definition) is 4. The Balaban J connectivity index is 1.52. The number of nitrogens with one attached hydrogen (secondary N) is 4. The summed E-state index contributed by atoms with van der Waals surface area (Å²) in [6.45, 7) is -0.338. The molecule has 33 heavy (non-hydrogen) atoms. The van der Waals surface area contributed by atoms with Crippen molar-refractivity contribution < 1.29 is 14.4 Å². The van der Waals surface area contributed by atoms with Crippen LogP contribution in [0, 0.1) is 0 Å². The first-order chi connectivity index (χ1) is 15.8. The number of benzene rings is 3. The van der Waals surface area contributed by atoms with Gasteiger partial charge >= 0.3 is 0 Å². The van der Waals surface area contributed by atoms with Gasteiger partial charge in [0.15, 0.2) is 10.9 Å². The molecule has 0 saturated carbocycles. The second-order valence-corrected chi connectivity index (χ2v) is 7.90. The smallest absolute Gasteiger partial charge is 0.257 e. The summed E-state index contributed by atoms with van der Waals surface area (Å²) in [5, 5.41) is 6.18. The molecule has 2 amide bonds. The lowest BCUT2D eigenvalue weighted by Crippen LogP contribution is -2.47. The van der Waals surface area contributed by atoms with Gasteiger partial charge in [-0.15, -0.1) is 0 Å². The maximum absolute atomic E-state index is 12.8. The zero-order valence-electron chi connectivity index (χ0n) is 17.0. The Labute approximate surface area is 205 Å². The quantitative estimate of drug-likeness (QED) is 0.232. The number of hydrazine groups is 1. The Kier molecular flexibility index (Phi) is 8.37. The third kappa shape index (κ3) is 6.76. The third-order valence-corrected chi connectivity index (χ3v) is 5.30. The molecule has 0 aliphatic carbocycles. The van der Waals surface area contributed by atoms with E-state index in [0.29, 0.717) is 21.3 Å². The molecule has 0 aliphatic heterocycles. The Morgan fingerprint density at radius 1 is 0.788 bits per heavy atom. The average molecular weight is 501 g/mol.